The molecule has 0 amide bonds. The fourth-order valence-corrected chi connectivity index (χ4v) is 0.461. The van der Waals surface area contributed by atoms with Crippen LogP contribution in [0.1, 0.15) is 19.8 Å². The van der Waals surface area contributed by atoms with Crippen molar-refractivity contribution < 1.29 is 20.4 Å². The molecule has 0 aliphatic heterocycles. The van der Waals surface area contributed by atoms with E-state index in [2.05, 4.69) is 0 Å². The van der Waals surface area contributed by atoms with E-state index in [0.717, 1.165) is 0 Å². The molecule has 0 aliphatic rings. The van der Waals surface area contributed by atoms with Crippen LogP contribution in [0.2, 0.25) is 0 Å². The lowest BCUT2D eigenvalue weighted by molar-refractivity contribution is -0.384. The average molecular weight is 135 g/mol. The number of aliphatic hydroxyl groups is 3. The van der Waals surface area contributed by atoms with Gasteiger partial charge in [0, 0.05) is 0 Å². The Kier molecular flexibility index (Phi) is 3.07. The molecule has 0 fully saturated rings. The number of hydrogen-bond acceptors (Lipinski definition) is 3. The Morgan fingerprint density at radius 1 is 1.56 bits per heavy atom. The second-order valence-electron chi connectivity index (χ2n) is 1.96. The summed E-state index contributed by atoms with van der Waals surface area (Å²) >= 11 is 0. The molecule has 3 N–H and O–H groups in total. The highest BCUT2D eigenvalue weighted by molar-refractivity contribution is 4.60. The van der Waals surface area contributed by atoms with E-state index in [4.69, 9.17) is 15.3 Å². The van der Waals surface area contributed by atoms with Gasteiger partial charge in [-0.05, 0) is 6.42 Å². The second-order valence-corrected chi connectivity index (χ2v) is 1.96. The molecule has 9 heavy (non-hydrogen) atoms. The highest BCUT2D eigenvalue weighted by Crippen LogP contribution is 2.08. The van der Waals surface area contributed by atoms with Crippen LogP contribution in [0, 0.1) is 0 Å². The Hall–Kier alpha value is -0.160. The zero-order chi connectivity index (χ0) is 7.49. The van der Waals surface area contributed by atoms with Crippen molar-refractivity contribution in [1.82, 2.24) is 0 Å². The molecule has 0 saturated carbocycles. The fourth-order valence-electron chi connectivity index (χ4n) is 0.461. The predicted molar refractivity (Wildman–Crippen MR) is 28.8 cm³/mol. The van der Waals surface area contributed by atoms with Crippen LogP contribution in [0.4, 0.5) is 0 Å². The average Bonchev–Trinajstić information content (AvgIpc) is 1.64. The van der Waals surface area contributed by atoms with Gasteiger partial charge >= 0.3 is 5.97 Å². The van der Waals surface area contributed by atoms with Gasteiger partial charge in [0.1, 0.15) is 6.10 Å². The number of hydrogen-bond donors (Lipinski definition) is 3. The fraction of sp³-hybridized carbons (Fsp3) is 1.00. The molecular formula is C5H11O4. The van der Waals surface area contributed by atoms with Gasteiger partial charge in [-0.1, -0.05) is 13.3 Å². The van der Waals surface area contributed by atoms with Crippen molar-refractivity contribution in [3.63, 3.8) is 0 Å². The van der Waals surface area contributed by atoms with Crippen molar-refractivity contribution in [3.8, 4) is 0 Å². The molecule has 55 valence electrons. The zero-order valence-corrected chi connectivity index (χ0v) is 5.24. The molecule has 0 saturated heterocycles. The quantitative estimate of drug-likeness (QED) is 0.444. The van der Waals surface area contributed by atoms with Crippen molar-refractivity contribution in [2.24, 2.45) is 0 Å². The molecule has 0 bridgehead atoms. The van der Waals surface area contributed by atoms with Gasteiger partial charge in [0.15, 0.2) is 0 Å². The van der Waals surface area contributed by atoms with Crippen molar-refractivity contribution in [2.45, 2.75) is 31.8 Å². The van der Waals surface area contributed by atoms with Gasteiger partial charge in [-0.2, -0.15) is 5.11 Å². The summed E-state index contributed by atoms with van der Waals surface area (Å²) in [6.45, 7) is 1.73. The van der Waals surface area contributed by atoms with Gasteiger partial charge in [-0.25, -0.2) is 0 Å². The van der Waals surface area contributed by atoms with E-state index in [0.29, 0.717) is 6.42 Å². The standard InChI is InChI=1S/C5H11O4/c1-2-3-4(6)5(7,8)9/h4,6-8H,2-3H2,1H3. The molecule has 0 aliphatic carbocycles. The van der Waals surface area contributed by atoms with Crippen LogP contribution >= 0.6 is 0 Å². The van der Waals surface area contributed by atoms with Gasteiger partial charge < -0.3 is 15.3 Å². The maximum absolute atomic E-state index is 10.1. The zero-order valence-electron chi connectivity index (χ0n) is 5.24. The third-order valence-corrected chi connectivity index (χ3v) is 0.996. The monoisotopic (exact) mass is 135 g/mol. The highest BCUT2D eigenvalue weighted by atomic mass is 16.7. The SMILES string of the molecule is CCCC(O)C([O])(O)O. The van der Waals surface area contributed by atoms with E-state index < -0.39 is 12.1 Å². The largest absolute Gasteiger partial charge is 0.385 e. The molecule has 0 heterocycles. The van der Waals surface area contributed by atoms with Crippen LogP contribution in [-0.2, 0) is 5.11 Å². The molecule has 4 nitrogen and oxygen atoms in total. The van der Waals surface area contributed by atoms with Crippen LogP contribution in [0.3, 0.4) is 0 Å². The first-order valence-corrected chi connectivity index (χ1v) is 2.81. The summed E-state index contributed by atoms with van der Waals surface area (Å²) in [6.07, 6.45) is -0.925. The molecule has 0 rings (SSSR count). The third kappa shape index (κ3) is 3.42. The Bertz CT molecular complexity index is 75.5. The molecule has 0 aromatic carbocycles. The Morgan fingerprint density at radius 3 is 2.11 bits per heavy atom. The summed E-state index contributed by atoms with van der Waals surface area (Å²) in [6, 6.07) is 0. The van der Waals surface area contributed by atoms with Crippen LogP contribution in [0.25, 0.3) is 0 Å². The summed E-state index contributed by atoms with van der Waals surface area (Å²) in [5, 5.41) is 35.0. The lowest BCUT2D eigenvalue weighted by Gasteiger charge is -2.17. The van der Waals surface area contributed by atoms with E-state index >= 15 is 0 Å². The first-order valence-electron chi connectivity index (χ1n) is 2.81. The Morgan fingerprint density at radius 2 is 2.00 bits per heavy atom. The van der Waals surface area contributed by atoms with Crippen molar-refractivity contribution in [2.75, 3.05) is 0 Å². The van der Waals surface area contributed by atoms with Crippen molar-refractivity contribution in [3.05, 3.63) is 0 Å². The molecule has 0 aromatic rings. The first kappa shape index (κ1) is 8.84. The van der Waals surface area contributed by atoms with Crippen LogP contribution in [0.5, 0.6) is 0 Å². The summed E-state index contributed by atoms with van der Waals surface area (Å²) < 4.78 is 0. The van der Waals surface area contributed by atoms with Crippen LogP contribution in [-0.4, -0.2) is 27.4 Å². The summed E-state index contributed by atoms with van der Waals surface area (Å²) in [5.74, 6) is -3.18. The molecule has 1 unspecified atom stereocenters. The van der Waals surface area contributed by atoms with E-state index in [9.17, 15) is 5.11 Å². The van der Waals surface area contributed by atoms with E-state index in [-0.39, 0.29) is 6.42 Å². The second kappa shape index (κ2) is 3.12. The summed E-state index contributed by atoms with van der Waals surface area (Å²) in [5.41, 5.74) is 0. The van der Waals surface area contributed by atoms with Gasteiger partial charge in [-0.3, -0.25) is 0 Å². The number of aliphatic hydroxyl groups excluding tert-OH is 1. The minimum atomic E-state index is -3.18. The van der Waals surface area contributed by atoms with Crippen molar-refractivity contribution >= 4 is 0 Å². The van der Waals surface area contributed by atoms with E-state index in [1.54, 1.807) is 6.92 Å². The topological polar surface area (TPSA) is 80.6 Å². The predicted octanol–water partition coefficient (Wildman–Crippen LogP) is -0.784. The van der Waals surface area contributed by atoms with E-state index in [1.165, 1.54) is 0 Å². The van der Waals surface area contributed by atoms with Gasteiger partial charge in [0.05, 0.1) is 0 Å². The van der Waals surface area contributed by atoms with Gasteiger partial charge in [0.25, 0.3) is 0 Å². The summed E-state index contributed by atoms with van der Waals surface area (Å²) in [4.78, 5) is 0. The minimum Gasteiger partial charge on any atom is -0.385 e. The lowest BCUT2D eigenvalue weighted by atomic mass is 10.2. The van der Waals surface area contributed by atoms with Crippen LogP contribution in [0.15, 0.2) is 0 Å². The molecule has 1 radical (unpaired) electrons. The Balaban J connectivity index is 3.59. The van der Waals surface area contributed by atoms with Gasteiger partial charge in [-0.15, -0.1) is 0 Å². The maximum atomic E-state index is 10.1. The molecule has 0 spiro atoms. The Labute approximate surface area is 53.4 Å². The normalized spacial score (nSPS) is 15.7. The van der Waals surface area contributed by atoms with Gasteiger partial charge in [0.2, 0.25) is 0 Å². The third-order valence-electron chi connectivity index (χ3n) is 0.996. The van der Waals surface area contributed by atoms with Crippen molar-refractivity contribution in [1.29, 1.82) is 0 Å². The summed E-state index contributed by atoms with van der Waals surface area (Å²) in [7, 11) is 0. The number of rotatable bonds is 3. The smallest absolute Gasteiger partial charge is 0.334 e. The highest BCUT2D eigenvalue weighted by Gasteiger charge is 2.31. The van der Waals surface area contributed by atoms with E-state index in [1.807, 2.05) is 0 Å². The molecule has 4 heteroatoms. The lowest BCUT2D eigenvalue weighted by Crippen LogP contribution is -2.40. The maximum Gasteiger partial charge on any atom is 0.334 e. The minimum absolute atomic E-state index is 0.108. The molecule has 0 aromatic heterocycles. The first-order chi connectivity index (χ1) is 3.98. The van der Waals surface area contributed by atoms with Crippen LogP contribution < -0.4 is 0 Å². The molecule has 1 atom stereocenters. The molecular weight excluding hydrogens is 124 g/mol.